The van der Waals surface area contributed by atoms with Crippen LogP contribution in [0.15, 0.2) is 46.9 Å². The lowest BCUT2D eigenvalue weighted by atomic mass is 9.94. The van der Waals surface area contributed by atoms with Crippen LogP contribution in [-0.4, -0.2) is 42.4 Å². The minimum Gasteiger partial charge on any atom is -0.419 e. The van der Waals surface area contributed by atoms with Crippen molar-refractivity contribution in [2.75, 3.05) is 23.2 Å². The molecule has 1 atom stereocenters. The molecule has 0 saturated heterocycles. The van der Waals surface area contributed by atoms with Gasteiger partial charge >= 0.3 is 0 Å². The molecule has 0 aliphatic heterocycles. The molecular weight excluding hydrogens is 440 g/mol. The van der Waals surface area contributed by atoms with Crippen LogP contribution in [-0.2, 0) is 22.0 Å². The molecule has 178 valence electrons. The molecule has 0 unspecified atom stereocenters. The molecular formula is C23H32N6O3S. The highest BCUT2D eigenvalue weighted by molar-refractivity contribution is 7.93. The number of nitrogens with two attached hydrogens (primary N) is 1. The Labute approximate surface area is 195 Å². The minimum absolute atomic E-state index is 0.244. The molecule has 0 aliphatic carbocycles. The fraction of sp³-hybridized carbons (Fsp3) is 0.435. The summed E-state index contributed by atoms with van der Waals surface area (Å²) in [7, 11) is -2.08. The minimum atomic E-state index is -3.56. The van der Waals surface area contributed by atoms with Gasteiger partial charge in [0.2, 0.25) is 21.8 Å². The van der Waals surface area contributed by atoms with Gasteiger partial charge in [0.25, 0.3) is 0 Å². The molecule has 10 heteroatoms. The molecule has 2 heterocycles. The molecule has 0 radical (unpaired) electrons. The van der Waals surface area contributed by atoms with Crippen molar-refractivity contribution in [3.8, 4) is 11.5 Å². The molecule has 0 spiro atoms. The van der Waals surface area contributed by atoms with E-state index in [4.69, 9.17) is 10.2 Å². The summed E-state index contributed by atoms with van der Waals surface area (Å²) in [5.74, 6) is 1.33. The molecule has 1 aromatic carbocycles. The highest BCUT2D eigenvalue weighted by Crippen LogP contribution is 2.30. The van der Waals surface area contributed by atoms with Crippen LogP contribution in [0.3, 0.4) is 0 Å². The fourth-order valence-electron chi connectivity index (χ4n) is 3.26. The number of rotatable bonds is 10. The Bertz CT molecular complexity index is 1180. The summed E-state index contributed by atoms with van der Waals surface area (Å²) in [6.45, 7) is 7.82. The predicted molar refractivity (Wildman–Crippen MR) is 130 cm³/mol. The second kappa shape index (κ2) is 9.88. The highest BCUT2D eigenvalue weighted by atomic mass is 32.2. The van der Waals surface area contributed by atoms with Gasteiger partial charge in [0, 0.05) is 19.2 Å². The molecule has 3 rings (SSSR count). The zero-order chi connectivity index (χ0) is 24.2. The van der Waals surface area contributed by atoms with Gasteiger partial charge in [0.1, 0.15) is 11.6 Å². The SMILES string of the molecule is CCCNc1cc(-c2nnc([C@](C)(N)Cc3ccccc3)o2)cc(N(C)S(=O)(=O)C(C)C)n1. The molecule has 0 fully saturated rings. The Morgan fingerprint density at radius 1 is 1.18 bits per heavy atom. The molecule has 0 bridgehead atoms. The molecule has 0 amide bonds. The first-order valence-corrected chi connectivity index (χ1v) is 12.5. The number of anilines is 2. The summed E-state index contributed by atoms with van der Waals surface area (Å²) in [4.78, 5) is 4.48. The monoisotopic (exact) mass is 472 g/mol. The van der Waals surface area contributed by atoms with Gasteiger partial charge in [0.05, 0.1) is 10.8 Å². The zero-order valence-corrected chi connectivity index (χ0v) is 20.6. The van der Waals surface area contributed by atoms with Gasteiger partial charge in [-0.15, -0.1) is 10.2 Å². The van der Waals surface area contributed by atoms with E-state index in [0.29, 0.717) is 30.2 Å². The van der Waals surface area contributed by atoms with Gasteiger partial charge in [-0.25, -0.2) is 13.4 Å². The van der Waals surface area contributed by atoms with Crippen molar-refractivity contribution in [2.45, 2.75) is 51.3 Å². The largest absolute Gasteiger partial charge is 0.419 e. The van der Waals surface area contributed by atoms with Gasteiger partial charge < -0.3 is 15.5 Å². The molecule has 3 aromatic rings. The van der Waals surface area contributed by atoms with Gasteiger partial charge in [-0.1, -0.05) is 37.3 Å². The van der Waals surface area contributed by atoms with E-state index in [1.165, 1.54) is 11.4 Å². The van der Waals surface area contributed by atoms with Crippen LogP contribution >= 0.6 is 0 Å². The lowest BCUT2D eigenvalue weighted by Crippen LogP contribution is -2.35. The van der Waals surface area contributed by atoms with Crippen LogP contribution in [0.2, 0.25) is 0 Å². The van der Waals surface area contributed by atoms with Crippen LogP contribution < -0.4 is 15.4 Å². The van der Waals surface area contributed by atoms with Crippen molar-refractivity contribution >= 4 is 21.7 Å². The first-order valence-electron chi connectivity index (χ1n) is 11.0. The van der Waals surface area contributed by atoms with Crippen molar-refractivity contribution in [1.82, 2.24) is 15.2 Å². The quantitative estimate of drug-likeness (QED) is 0.459. The summed E-state index contributed by atoms with van der Waals surface area (Å²) in [6, 6.07) is 13.2. The third-order valence-corrected chi connectivity index (χ3v) is 7.38. The Morgan fingerprint density at radius 3 is 2.52 bits per heavy atom. The Hall–Kier alpha value is -2.98. The van der Waals surface area contributed by atoms with E-state index in [-0.39, 0.29) is 11.7 Å². The van der Waals surface area contributed by atoms with Crippen molar-refractivity contribution in [1.29, 1.82) is 0 Å². The lowest BCUT2D eigenvalue weighted by Gasteiger charge is -2.22. The number of pyridine rings is 1. The number of nitrogens with zero attached hydrogens (tertiary/aromatic N) is 4. The Morgan fingerprint density at radius 2 is 1.88 bits per heavy atom. The van der Waals surface area contributed by atoms with E-state index in [2.05, 4.69) is 20.5 Å². The second-order valence-electron chi connectivity index (χ2n) is 8.58. The fourth-order valence-corrected chi connectivity index (χ4v) is 4.24. The van der Waals surface area contributed by atoms with Crippen molar-refractivity contribution in [2.24, 2.45) is 5.73 Å². The Kier molecular flexibility index (Phi) is 7.38. The summed E-state index contributed by atoms with van der Waals surface area (Å²) < 4.78 is 32.6. The van der Waals surface area contributed by atoms with E-state index in [1.807, 2.05) is 44.2 Å². The topological polar surface area (TPSA) is 127 Å². The van der Waals surface area contributed by atoms with E-state index >= 15 is 0 Å². The molecule has 0 saturated carbocycles. The average Bonchev–Trinajstić information content (AvgIpc) is 3.29. The van der Waals surface area contributed by atoms with Gasteiger partial charge in [-0.05, 0) is 51.3 Å². The van der Waals surface area contributed by atoms with Gasteiger partial charge in [0.15, 0.2) is 0 Å². The summed E-state index contributed by atoms with van der Waals surface area (Å²) in [5, 5.41) is 11.0. The average molecular weight is 473 g/mol. The maximum Gasteiger partial charge on any atom is 0.248 e. The molecule has 0 aliphatic rings. The number of benzene rings is 1. The third kappa shape index (κ3) is 5.69. The number of hydrogen-bond acceptors (Lipinski definition) is 8. The Balaban J connectivity index is 1.97. The number of nitrogens with one attached hydrogen (secondary N) is 1. The summed E-state index contributed by atoms with van der Waals surface area (Å²) >= 11 is 0. The number of aromatic nitrogens is 3. The predicted octanol–water partition coefficient (Wildman–Crippen LogP) is 3.54. The first kappa shape index (κ1) is 24.7. The van der Waals surface area contributed by atoms with Crippen molar-refractivity contribution in [3.63, 3.8) is 0 Å². The smallest absolute Gasteiger partial charge is 0.248 e. The normalized spacial score (nSPS) is 13.7. The summed E-state index contributed by atoms with van der Waals surface area (Å²) in [5.41, 5.74) is 7.26. The van der Waals surface area contributed by atoms with E-state index in [0.717, 1.165) is 12.0 Å². The molecule has 9 nitrogen and oxygen atoms in total. The molecule has 33 heavy (non-hydrogen) atoms. The van der Waals surface area contributed by atoms with E-state index < -0.39 is 20.8 Å². The standard InChI is InChI=1S/C23H32N6O3S/c1-6-12-25-19-13-18(14-20(26-19)29(5)33(30,31)16(2)3)21-27-28-22(32-21)23(4,24)15-17-10-8-7-9-11-17/h7-11,13-14,16H,6,12,15,24H2,1-5H3,(H,25,26)/t23-/m1/s1. The van der Waals surface area contributed by atoms with Crippen LogP contribution in [0.1, 0.15) is 45.6 Å². The lowest BCUT2D eigenvalue weighted by molar-refractivity contribution is 0.355. The van der Waals surface area contributed by atoms with Crippen molar-refractivity contribution < 1.29 is 12.8 Å². The number of sulfonamides is 1. The van der Waals surface area contributed by atoms with Crippen molar-refractivity contribution in [3.05, 3.63) is 53.9 Å². The third-order valence-electron chi connectivity index (χ3n) is 5.24. The second-order valence-corrected chi connectivity index (χ2v) is 11.1. The van der Waals surface area contributed by atoms with E-state index in [9.17, 15) is 8.42 Å². The van der Waals surface area contributed by atoms with Crippen LogP contribution in [0.4, 0.5) is 11.6 Å². The number of hydrogen-bond donors (Lipinski definition) is 2. The van der Waals surface area contributed by atoms with Crippen LogP contribution in [0.25, 0.3) is 11.5 Å². The van der Waals surface area contributed by atoms with E-state index in [1.54, 1.807) is 26.0 Å². The van der Waals surface area contributed by atoms with Gasteiger partial charge in [-0.2, -0.15) is 0 Å². The van der Waals surface area contributed by atoms with Crippen LogP contribution in [0.5, 0.6) is 0 Å². The first-order chi connectivity index (χ1) is 15.5. The highest BCUT2D eigenvalue weighted by Gasteiger charge is 2.30. The summed E-state index contributed by atoms with van der Waals surface area (Å²) in [6.07, 6.45) is 1.41. The molecule has 2 aromatic heterocycles. The maximum atomic E-state index is 12.7. The zero-order valence-electron chi connectivity index (χ0n) is 19.7. The van der Waals surface area contributed by atoms with Crippen LogP contribution in [0, 0.1) is 0 Å². The molecule has 3 N–H and O–H groups in total. The maximum absolute atomic E-state index is 12.7. The van der Waals surface area contributed by atoms with Gasteiger partial charge in [-0.3, -0.25) is 4.31 Å².